The molecule has 2 rings (SSSR count). The van der Waals surface area contributed by atoms with Gasteiger partial charge in [-0.25, -0.2) is 0 Å². The van der Waals surface area contributed by atoms with Crippen LogP contribution in [0.25, 0.3) is 0 Å². The molecule has 0 aromatic carbocycles. The molecule has 0 spiro atoms. The van der Waals surface area contributed by atoms with Crippen LogP contribution in [-0.4, -0.2) is 53.2 Å². The van der Waals surface area contributed by atoms with Gasteiger partial charge in [-0.3, -0.25) is 9.59 Å². The second-order valence-electron chi connectivity index (χ2n) is 5.43. The van der Waals surface area contributed by atoms with Crippen LogP contribution >= 0.6 is 11.3 Å². The number of aliphatic hydroxyl groups is 1. The molecule has 1 saturated heterocycles. The highest BCUT2D eigenvalue weighted by Gasteiger charge is 2.57. The molecule has 23 heavy (non-hydrogen) atoms. The molecule has 0 aliphatic carbocycles. The first-order valence-corrected chi connectivity index (χ1v) is 7.99. The fourth-order valence-electron chi connectivity index (χ4n) is 2.33. The first kappa shape index (κ1) is 17.7. The van der Waals surface area contributed by atoms with E-state index in [-0.39, 0.29) is 25.4 Å². The van der Waals surface area contributed by atoms with Crippen LogP contribution in [0, 0.1) is 0 Å². The standard InChI is InChI=1S/C14H17F3N2O3S/c15-14(16,17)13(22)5-7-19(9-13)11(20)4-1-6-18-12(21)10-3-2-8-23-10/h2-3,8,22H,1,4-7,9H2,(H,18,21)/t13-/m1/s1. The van der Waals surface area contributed by atoms with E-state index in [4.69, 9.17) is 0 Å². The van der Waals surface area contributed by atoms with Crippen LogP contribution in [0.5, 0.6) is 0 Å². The van der Waals surface area contributed by atoms with Crippen LogP contribution in [0.1, 0.15) is 28.9 Å². The average molecular weight is 350 g/mol. The van der Waals surface area contributed by atoms with Crippen molar-refractivity contribution in [1.29, 1.82) is 0 Å². The number of nitrogens with one attached hydrogen (secondary N) is 1. The van der Waals surface area contributed by atoms with Crippen LogP contribution in [0.4, 0.5) is 13.2 Å². The van der Waals surface area contributed by atoms with Gasteiger partial charge in [-0.2, -0.15) is 13.2 Å². The number of thiophene rings is 1. The molecule has 1 aromatic rings. The zero-order valence-corrected chi connectivity index (χ0v) is 13.0. The number of rotatable bonds is 5. The van der Waals surface area contributed by atoms with Gasteiger partial charge in [0.05, 0.1) is 11.4 Å². The summed E-state index contributed by atoms with van der Waals surface area (Å²) < 4.78 is 38.0. The molecular formula is C14H17F3N2O3S. The molecule has 128 valence electrons. The molecule has 1 aromatic heterocycles. The quantitative estimate of drug-likeness (QED) is 0.796. The van der Waals surface area contributed by atoms with Crippen molar-refractivity contribution < 1.29 is 27.9 Å². The maximum atomic E-state index is 12.7. The molecule has 0 radical (unpaired) electrons. The Hall–Kier alpha value is -1.61. The zero-order chi connectivity index (χ0) is 17.1. The van der Waals surface area contributed by atoms with Crippen LogP contribution in [0.15, 0.2) is 17.5 Å². The molecule has 2 N–H and O–H groups in total. The van der Waals surface area contributed by atoms with Crippen molar-refractivity contribution in [1.82, 2.24) is 10.2 Å². The maximum Gasteiger partial charge on any atom is 0.419 e. The molecule has 2 amide bonds. The van der Waals surface area contributed by atoms with Crippen molar-refractivity contribution in [3.63, 3.8) is 0 Å². The van der Waals surface area contributed by atoms with Crippen LogP contribution < -0.4 is 5.32 Å². The Labute approximate surface area is 135 Å². The summed E-state index contributed by atoms with van der Waals surface area (Å²) in [5.74, 6) is -0.685. The van der Waals surface area contributed by atoms with Crippen molar-refractivity contribution in [3.8, 4) is 0 Å². The summed E-state index contributed by atoms with van der Waals surface area (Å²) in [6.45, 7) is -0.576. The molecule has 5 nitrogen and oxygen atoms in total. The van der Waals surface area contributed by atoms with E-state index in [0.29, 0.717) is 11.3 Å². The molecule has 9 heteroatoms. The summed E-state index contributed by atoms with van der Waals surface area (Å²) in [7, 11) is 0. The molecule has 1 fully saturated rings. The third kappa shape index (κ3) is 4.23. The normalized spacial score (nSPS) is 21.5. The number of carbonyl (C=O) groups is 2. The molecule has 0 unspecified atom stereocenters. The van der Waals surface area contributed by atoms with Crippen LogP contribution in [0.3, 0.4) is 0 Å². The predicted octanol–water partition coefficient (Wildman–Crippen LogP) is 1.78. The van der Waals surface area contributed by atoms with Gasteiger partial charge in [-0.05, 0) is 17.9 Å². The summed E-state index contributed by atoms with van der Waals surface area (Å²) in [5.41, 5.74) is -2.81. The van der Waals surface area contributed by atoms with E-state index in [9.17, 15) is 27.9 Å². The van der Waals surface area contributed by atoms with E-state index in [1.807, 2.05) is 0 Å². The third-order valence-electron chi connectivity index (χ3n) is 3.73. The highest BCUT2D eigenvalue weighted by molar-refractivity contribution is 7.12. The van der Waals surface area contributed by atoms with Crippen molar-refractivity contribution in [2.24, 2.45) is 0 Å². The van der Waals surface area contributed by atoms with Gasteiger partial charge in [0.1, 0.15) is 0 Å². The molecule has 2 heterocycles. The van der Waals surface area contributed by atoms with Gasteiger partial charge in [-0.1, -0.05) is 6.07 Å². The van der Waals surface area contributed by atoms with Crippen molar-refractivity contribution in [2.45, 2.75) is 31.0 Å². The van der Waals surface area contributed by atoms with E-state index in [1.165, 1.54) is 11.3 Å². The topological polar surface area (TPSA) is 69.6 Å². The van der Waals surface area contributed by atoms with E-state index in [1.54, 1.807) is 17.5 Å². The number of carbonyl (C=O) groups excluding carboxylic acids is 2. The fourth-order valence-corrected chi connectivity index (χ4v) is 2.97. The van der Waals surface area contributed by atoms with Crippen molar-refractivity contribution >= 4 is 23.2 Å². The van der Waals surface area contributed by atoms with Crippen molar-refractivity contribution in [2.75, 3.05) is 19.6 Å². The first-order chi connectivity index (χ1) is 10.7. The number of hydrogen-bond acceptors (Lipinski definition) is 4. The first-order valence-electron chi connectivity index (χ1n) is 7.11. The summed E-state index contributed by atoms with van der Waals surface area (Å²) in [6, 6.07) is 3.42. The van der Waals surface area contributed by atoms with Gasteiger partial charge in [0.25, 0.3) is 5.91 Å². The molecule has 1 atom stereocenters. The molecule has 0 saturated carbocycles. The van der Waals surface area contributed by atoms with Crippen molar-refractivity contribution in [3.05, 3.63) is 22.4 Å². The fraction of sp³-hybridized carbons (Fsp3) is 0.571. The third-order valence-corrected chi connectivity index (χ3v) is 4.59. The predicted molar refractivity (Wildman–Crippen MR) is 78.1 cm³/mol. The number of β-amino-alcohol motifs (C(OH)–C–C–N with tert-alkyl or cyclic N) is 1. The monoisotopic (exact) mass is 350 g/mol. The number of alkyl halides is 3. The lowest BCUT2D eigenvalue weighted by molar-refractivity contribution is -0.253. The Morgan fingerprint density at radius 2 is 2.17 bits per heavy atom. The lowest BCUT2D eigenvalue weighted by Gasteiger charge is -2.25. The lowest BCUT2D eigenvalue weighted by atomic mass is 10.0. The highest BCUT2D eigenvalue weighted by Crippen LogP contribution is 2.37. The smallest absolute Gasteiger partial charge is 0.379 e. The number of hydrogen-bond donors (Lipinski definition) is 2. The number of likely N-dealkylation sites (tertiary alicyclic amines) is 1. The lowest BCUT2D eigenvalue weighted by Crippen LogP contribution is -2.48. The van der Waals surface area contributed by atoms with Gasteiger partial charge < -0.3 is 15.3 Å². The second-order valence-corrected chi connectivity index (χ2v) is 6.38. The van der Waals surface area contributed by atoms with E-state index < -0.39 is 30.7 Å². The van der Waals surface area contributed by atoms with Gasteiger partial charge >= 0.3 is 6.18 Å². The van der Waals surface area contributed by atoms with Crippen LogP contribution in [-0.2, 0) is 4.79 Å². The summed E-state index contributed by atoms with van der Waals surface area (Å²) in [5, 5.41) is 13.9. The minimum atomic E-state index is -4.74. The van der Waals surface area contributed by atoms with Gasteiger partial charge in [0.15, 0.2) is 5.60 Å². The van der Waals surface area contributed by atoms with E-state index in [2.05, 4.69) is 5.32 Å². The SMILES string of the molecule is O=C(NCCCC(=O)N1CC[C@](O)(C(F)(F)F)C1)c1cccs1. The van der Waals surface area contributed by atoms with Crippen LogP contribution in [0.2, 0.25) is 0 Å². The molecule has 0 bridgehead atoms. The average Bonchev–Trinajstić information content (AvgIpc) is 3.12. The number of nitrogens with zero attached hydrogens (tertiary/aromatic N) is 1. The Balaban J connectivity index is 1.71. The van der Waals surface area contributed by atoms with Gasteiger partial charge in [-0.15, -0.1) is 11.3 Å². The Kier molecular flexibility index (Phi) is 5.30. The minimum absolute atomic E-state index is 0.0264. The Morgan fingerprint density at radius 3 is 2.74 bits per heavy atom. The maximum absolute atomic E-state index is 12.7. The number of amides is 2. The molecular weight excluding hydrogens is 333 g/mol. The summed E-state index contributed by atoms with van der Waals surface area (Å²) in [4.78, 5) is 25.1. The second kappa shape index (κ2) is 6.88. The van der Waals surface area contributed by atoms with E-state index in [0.717, 1.165) is 4.90 Å². The number of halogens is 3. The zero-order valence-electron chi connectivity index (χ0n) is 12.2. The summed E-state index contributed by atoms with van der Waals surface area (Å²) >= 11 is 1.30. The Morgan fingerprint density at radius 1 is 1.43 bits per heavy atom. The molecule has 1 aliphatic rings. The highest BCUT2D eigenvalue weighted by atomic mass is 32.1. The van der Waals surface area contributed by atoms with Gasteiger partial charge in [0, 0.05) is 25.9 Å². The Bertz CT molecular complexity index is 562. The largest absolute Gasteiger partial charge is 0.419 e. The van der Waals surface area contributed by atoms with Gasteiger partial charge in [0.2, 0.25) is 5.91 Å². The molecule has 1 aliphatic heterocycles. The minimum Gasteiger partial charge on any atom is -0.379 e. The van der Waals surface area contributed by atoms with E-state index >= 15 is 0 Å². The summed E-state index contributed by atoms with van der Waals surface area (Å²) in [6.07, 6.45) is -4.89.